The SMILES string of the molecule is CCc1n[nH]c(=S)n1/N=C\c1cc(Br)c(O)c(Br)c1. The summed E-state index contributed by atoms with van der Waals surface area (Å²) in [6.45, 7) is 1.98. The van der Waals surface area contributed by atoms with E-state index in [1.807, 2.05) is 6.92 Å². The maximum atomic E-state index is 9.63. The van der Waals surface area contributed by atoms with Crippen LogP contribution in [-0.4, -0.2) is 26.2 Å². The molecule has 0 aliphatic heterocycles. The van der Waals surface area contributed by atoms with Gasteiger partial charge in [0.05, 0.1) is 15.2 Å². The molecule has 0 amide bonds. The first kappa shape index (κ1) is 14.4. The van der Waals surface area contributed by atoms with Gasteiger partial charge in [0.25, 0.3) is 0 Å². The van der Waals surface area contributed by atoms with E-state index in [1.54, 1.807) is 23.0 Å². The number of hydrogen-bond donors (Lipinski definition) is 2. The van der Waals surface area contributed by atoms with Gasteiger partial charge in [0, 0.05) is 6.42 Å². The zero-order valence-electron chi connectivity index (χ0n) is 9.89. The van der Waals surface area contributed by atoms with Crippen molar-refractivity contribution in [1.82, 2.24) is 14.9 Å². The number of H-pyrrole nitrogens is 1. The molecule has 1 aromatic heterocycles. The highest BCUT2D eigenvalue weighted by Gasteiger charge is 2.05. The van der Waals surface area contributed by atoms with E-state index in [0.29, 0.717) is 13.7 Å². The number of hydrogen-bond acceptors (Lipinski definition) is 4. The third-order valence-corrected chi connectivity index (χ3v) is 3.87. The van der Waals surface area contributed by atoms with Crippen LogP contribution < -0.4 is 0 Å². The number of phenolic OH excluding ortho intramolecular Hbond substituents is 1. The molecule has 2 N–H and O–H groups in total. The van der Waals surface area contributed by atoms with Gasteiger partial charge in [-0.3, -0.25) is 5.10 Å². The summed E-state index contributed by atoms with van der Waals surface area (Å²) >= 11 is 11.6. The van der Waals surface area contributed by atoms with Crippen LogP contribution in [-0.2, 0) is 6.42 Å². The molecule has 0 bridgehead atoms. The number of nitrogens with zero attached hydrogens (tertiary/aromatic N) is 3. The first-order valence-electron chi connectivity index (χ1n) is 5.41. The summed E-state index contributed by atoms with van der Waals surface area (Å²) in [4.78, 5) is 0. The minimum Gasteiger partial charge on any atom is -0.506 e. The predicted octanol–water partition coefficient (Wildman–Crippen LogP) is 3.62. The third kappa shape index (κ3) is 3.13. The minimum atomic E-state index is 0.159. The lowest BCUT2D eigenvalue weighted by Crippen LogP contribution is -1.97. The molecule has 0 saturated heterocycles. The summed E-state index contributed by atoms with van der Waals surface area (Å²) in [6.07, 6.45) is 2.38. The Bertz CT molecular complexity index is 669. The average Bonchev–Trinajstić information content (AvgIpc) is 2.74. The zero-order chi connectivity index (χ0) is 14.0. The van der Waals surface area contributed by atoms with Crippen LogP contribution >= 0.6 is 44.1 Å². The van der Waals surface area contributed by atoms with Crippen molar-refractivity contribution < 1.29 is 5.11 Å². The number of benzene rings is 1. The summed E-state index contributed by atoms with van der Waals surface area (Å²) in [7, 11) is 0. The molecule has 0 aliphatic carbocycles. The molecule has 0 spiro atoms. The third-order valence-electron chi connectivity index (χ3n) is 2.40. The molecular formula is C11H10Br2N4OS. The molecule has 0 saturated carbocycles. The Balaban J connectivity index is 2.38. The number of nitrogens with one attached hydrogen (secondary N) is 1. The van der Waals surface area contributed by atoms with Gasteiger partial charge < -0.3 is 5.11 Å². The molecule has 1 aromatic carbocycles. The van der Waals surface area contributed by atoms with Crippen molar-refractivity contribution in [2.24, 2.45) is 5.10 Å². The first-order valence-corrected chi connectivity index (χ1v) is 7.41. The van der Waals surface area contributed by atoms with Crippen LogP contribution in [0.3, 0.4) is 0 Å². The van der Waals surface area contributed by atoms with Gasteiger partial charge in [-0.15, -0.1) is 0 Å². The van der Waals surface area contributed by atoms with Crippen molar-refractivity contribution in [2.45, 2.75) is 13.3 Å². The molecule has 100 valence electrons. The van der Waals surface area contributed by atoms with Gasteiger partial charge in [-0.25, -0.2) is 0 Å². The van der Waals surface area contributed by atoms with Gasteiger partial charge >= 0.3 is 0 Å². The van der Waals surface area contributed by atoms with Crippen LogP contribution in [0.4, 0.5) is 0 Å². The van der Waals surface area contributed by atoms with Gasteiger partial charge in [-0.2, -0.15) is 14.9 Å². The molecule has 0 fully saturated rings. The number of aromatic nitrogens is 3. The number of rotatable bonds is 3. The molecule has 0 unspecified atom stereocenters. The smallest absolute Gasteiger partial charge is 0.216 e. The van der Waals surface area contributed by atoms with Crippen molar-refractivity contribution in [3.63, 3.8) is 0 Å². The average molecular weight is 406 g/mol. The lowest BCUT2D eigenvalue weighted by atomic mass is 10.2. The van der Waals surface area contributed by atoms with Gasteiger partial charge in [0.2, 0.25) is 4.77 Å². The van der Waals surface area contributed by atoms with Gasteiger partial charge in [-0.05, 0) is 61.8 Å². The Morgan fingerprint density at radius 2 is 2.11 bits per heavy atom. The Kier molecular flexibility index (Phi) is 4.54. The van der Waals surface area contributed by atoms with Crippen LogP contribution in [0.1, 0.15) is 18.3 Å². The molecule has 19 heavy (non-hydrogen) atoms. The maximum absolute atomic E-state index is 9.63. The number of aromatic amines is 1. The molecule has 0 atom stereocenters. The number of phenols is 1. The van der Waals surface area contributed by atoms with E-state index in [2.05, 4.69) is 47.2 Å². The molecule has 8 heteroatoms. The van der Waals surface area contributed by atoms with Crippen molar-refractivity contribution in [2.75, 3.05) is 0 Å². The van der Waals surface area contributed by atoms with E-state index < -0.39 is 0 Å². The van der Waals surface area contributed by atoms with E-state index in [4.69, 9.17) is 12.2 Å². The zero-order valence-corrected chi connectivity index (χ0v) is 13.9. The second kappa shape index (κ2) is 5.98. The molecular weight excluding hydrogens is 396 g/mol. The van der Waals surface area contributed by atoms with E-state index >= 15 is 0 Å². The number of aromatic hydroxyl groups is 1. The van der Waals surface area contributed by atoms with Crippen molar-refractivity contribution >= 4 is 50.3 Å². The second-order valence-electron chi connectivity index (χ2n) is 3.69. The minimum absolute atomic E-state index is 0.159. The Labute approximate surface area is 131 Å². The lowest BCUT2D eigenvalue weighted by molar-refractivity contribution is 0.468. The Hall–Kier alpha value is -0.990. The van der Waals surface area contributed by atoms with Crippen LogP contribution in [0.2, 0.25) is 0 Å². The van der Waals surface area contributed by atoms with Gasteiger partial charge in [0.15, 0.2) is 5.82 Å². The van der Waals surface area contributed by atoms with Crippen molar-refractivity contribution in [1.29, 1.82) is 0 Å². The van der Waals surface area contributed by atoms with Crippen LogP contribution in [0, 0.1) is 4.77 Å². The lowest BCUT2D eigenvalue weighted by Gasteiger charge is -2.02. The second-order valence-corrected chi connectivity index (χ2v) is 5.78. The predicted molar refractivity (Wildman–Crippen MR) is 83.3 cm³/mol. The van der Waals surface area contributed by atoms with Crippen molar-refractivity contribution in [3.05, 3.63) is 37.2 Å². The Morgan fingerprint density at radius 1 is 1.47 bits per heavy atom. The van der Waals surface area contributed by atoms with E-state index in [9.17, 15) is 5.11 Å². The standard InChI is InChI=1S/C11H10Br2N4OS/c1-2-9-15-16-11(19)17(9)14-5-6-3-7(12)10(18)8(13)4-6/h3-5,18H,2H2,1H3,(H,16,19)/b14-5-. The van der Waals surface area contributed by atoms with Gasteiger partial charge in [0.1, 0.15) is 5.75 Å². The largest absolute Gasteiger partial charge is 0.506 e. The molecule has 1 heterocycles. The normalized spacial score (nSPS) is 11.3. The Morgan fingerprint density at radius 3 is 2.68 bits per heavy atom. The fourth-order valence-electron chi connectivity index (χ4n) is 1.46. The topological polar surface area (TPSA) is 66.2 Å². The maximum Gasteiger partial charge on any atom is 0.216 e. The molecule has 0 aliphatic rings. The van der Waals surface area contributed by atoms with Crippen LogP contribution in [0.5, 0.6) is 5.75 Å². The summed E-state index contributed by atoms with van der Waals surface area (Å²) in [5, 5.41) is 20.7. The summed E-state index contributed by atoms with van der Waals surface area (Å²) in [6, 6.07) is 3.53. The quantitative estimate of drug-likeness (QED) is 0.605. The summed E-state index contributed by atoms with van der Waals surface area (Å²) < 4.78 is 3.21. The van der Waals surface area contributed by atoms with E-state index in [-0.39, 0.29) is 5.75 Å². The van der Waals surface area contributed by atoms with E-state index in [1.165, 1.54) is 0 Å². The first-order chi connectivity index (χ1) is 9.02. The highest BCUT2D eigenvalue weighted by molar-refractivity contribution is 9.11. The van der Waals surface area contributed by atoms with Crippen LogP contribution in [0.15, 0.2) is 26.2 Å². The van der Waals surface area contributed by atoms with Gasteiger partial charge in [-0.1, -0.05) is 6.92 Å². The number of aryl methyl sites for hydroxylation is 1. The molecule has 5 nitrogen and oxygen atoms in total. The van der Waals surface area contributed by atoms with Crippen LogP contribution in [0.25, 0.3) is 0 Å². The van der Waals surface area contributed by atoms with E-state index in [0.717, 1.165) is 17.8 Å². The monoisotopic (exact) mass is 404 g/mol. The molecule has 2 rings (SSSR count). The highest BCUT2D eigenvalue weighted by atomic mass is 79.9. The number of halogens is 2. The molecule has 2 aromatic rings. The fraction of sp³-hybridized carbons (Fsp3) is 0.182. The van der Waals surface area contributed by atoms with Crippen molar-refractivity contribution in [3.8, 4) is 5.75 Å². The molecule has 0 radical (unpaired) electrons. The summed E-state index contributed by atoms with van der Waals surface area (Å²) in [5.74, 6) is 0.921. The summed E-state index contributed by atoms with van der Waals surface area (Å²) in [5.41, 5.74) is 0.821. The fourth-order valence-corrected chi connectivity index (χ4v) is 2.88. The highest BCUT2D eigenvalue weighted by Crippen LogP contribution is 2.32.